The zero-order valence-corrected chi connectivity index (χ0v) is 25.6. The lowest BCUT2D eigenvalue weighted by molar-refractivity contribution is -0.0638. The summed E-state index contributed by atoms with van der Waals surface area (Å²) in [5.74, 6) is 2.88. The summed E-state index contributed by atoms with van der Waals surface area (Å²) in [4.78, 5) is 17.7. The van der Waals surface area contributed by atoms with Crippen molar-refractivity contribution in [2.75, 3.05) is 18.5 Å². The molecule has 0 amide bonds. The Morgan fingerprint density at radius 2 is 1.73 bits per heavy atom. The Morgan fingerprint density at radius 3 is 2.41 bits per heavy atom. The number of hydrogen-bond donors (Lipinski definition) is 1. The number of anilines is 1. The molecule has 3 aromatic rings. The Kier molecular flexibility index (Phi) is 7.98. The van der Waals surface area contributed by atoms with Gasteiger partial charge in [0, 0.05) is 29.9 Å². The van der Waals surface area contributed by atoms with Crippen molar-refractivity contribution in [3.63, 3.8) is 0 Å². The molecule has 7 rings (SSSR count). The van der Waals surface area contributed by atoms with Crippen molar-refractivity contribution in [1.82, 2.24) is 25.0 Å². The van der Waals surface area contributed by atoms with Crippen molar-refractivity contribution in [3.8, 4) is 11.1 Å². The van der Waals surface area contributed by atoms with Crippen LogP contribution >= 0.6 is 23.2 Å². The molecule has 0 radical (unpaired) electrons. The smallest absolute Gasteiger partial charge is 0.357 e. The summed E-state index contributed by atoms with van der Waals surface area (Å²) in [7, 11) is 0. The third kappa shape index (κ3) is 5.70. The first kappa shape index (κ1) is 28.4. The molecular formula is C31H38Cl2N6O2. The lowest BCUT2D eigenvalue weighted by Crippen LogP contribution is -2.48. The average molecular weight is 598 g/mol. The van der Waals surface area contributed by atoms with E-state index in [1.165, 1.54) is 38.5 Å². The highest BCUT2D eigenvalue weighted by atomic mass is 35.5. The summed E-state index contributed by atoms with van der Waals surface area (Å²) in [6.45, 7) is 7.69. The maximum Gasteiger partial charge on any atom is 0.357 e. The van der Waals surface area contributed by atoms with E-state index in [4.69, 9.17) is 38.0 Å². The number of rotatable bonds is 10. The maximum absolute atomic E-state index is 13.1. The molecule has 0 atom stereocenters. The van der Waals surface area contributed by atoms with Gasteiger partial charge in [-0.2, -0.15) is 5.10 Å². The van der Waals surface area contributed by atoms with Gasteiger partial charge in [-0.05, 0) is 119 Å². The highest BCUT2D eigenvalue weighted by Crippen LogP contribution is 2.60. The summed E-state index contributed by atoms with van der Waals surface area (Å²) >= 11 is 12.4. The monoisotopic (exact) mass is 596 g/mol. The van der Waals surface area contributed by atoms with Crippen LogP contribution in [0.4, 0.5) is 5.82 Å². The predicted molar refractivity (Wildman–Crippen MR) is 160 cm³/mol. The third-order valence-corrected chi connectivity index (χ3v) is 10.2. The van der Waals surface area contributed by atoms with Crippen LogP contribution in [0.5, 0.6) is 0 Å². The quantitative estimate of drug-likeness (QED) is 0.197. The minimum absolute atomic E-state index is 0.282. The summed E-state index contributed by atoms with van der Waals surface area (Å²) in [5.41, 5.74) is 5.18. The van der Waals surface area contributed by atoms with E-state index in [2.05, 4.69) is 27.1 Å². The van der Waals surface area contributed by atoms with E-state index in [-0.39, 0.29) is 6.61 Å². The minimum atomic E-state index is -0.431. The van der Waals surface area contributed by atoms with E-state index in [9.17, 15) is 4.79 Å². The first-order valence-corrected chi connectivity index (χ1v) is 15.6. The van der Waals surface area contributed by atoms with Crippen molar-refractivity contribution in [2.24, 2.45) is 23.2 Å². The molecule has 4 fully saturated rings. The number of nitrogens with one attached hydrogen (secondary N) is 1. The molecule has 0 aliphatic heterocycles. The lowest BCUT2D eigenvalue weighted by Gasteiger charge is -2.56. The zero-order valence-electron chi connectivity index (χ0n) is 24.1. The fourth-order valence-electron chi connectivity index (χ4n) is 8.08. The van der Waals surface area contributed by atoms with Crippen LogP contribution in [-0.4, -0.2) is 44.1 Å². The second kappa shape index (κ2) is 11.5. The molecule has 4 bridgehead atoms. The average Bonchev–Trinajstić information content (AvgIpc) is 3.28. The fraction of sp³-hybridized carbons (Fsp3) is 0.581. The van der Waals surface area contributed by atoms with Crippen molar-refractivity contribution >= 4 is 35.0 Å². The fourth-order valence-corrected chi connectivity index (χ4v) is 8.50. The first-order chi connectivity index (χ1) is 19.7. The minimum Gasteiger partial charge on any atom is -0.461 e. The predicted octanol–water partition coefficient (Wildman–Crippen LogP) is 7.10. The maximum atomic E-state index is 13.1. The van der Waals surface area contributed by atoms with Gasteiger partial charge in [0.05, 0.1) is 12.8 Å². The molecule has 4 aliphatic carbocycles. The number of ether oxygens (including phenoxy) is 1. The van der Waals surface area contributed by atoms with E-state index >= 15 is 0 Å². The highest BCUT2D eigenvalue weighted by molar-refractivity contribution is 6.32. The first-order valence-electron chi connectivity index (χ1n) is 14.9. The van der Waals surface area contributed by atoms with Gasteiger partial charge < -0.3 is 10.1 Å². The molecule has 218 valence electrons. The van der Waals surface area contributed by atoms with Gasteiger partial charge in [0.25, 0.3) is 0 Å². The topological polar surface area (TPSA) is 94.8 Å². The second-order valence-electron chi connectivity index (χ2n) is 12.4. The number of carbonyl (C=O) groups excluding carboxylic acids is 1. The van der Waals surface area contributed by atoms with E-state index in [1.54, 1.807) is 0 Å². The van der Waals surface area contributed by atoms with E-state index in [1.807, 2.05) is 32.2 Å². The lowest BCUT2D eigenvalue weighted by atomic mass is 9.49. The Morgan fingerprint density at radius 1 is 1.05 bits per heavy atom. The van der Waals surface area contributed by atoms with E-state index in [0.29, 0.717) is 40.2 Å². The molecule has 8 nitrogen and oxygen atoms in total. The van der Waals surface area contributed by atoms with Crippen LogP contribution in [0.3, 0.4) is 0 Å². The summed E-state index contributed by atoms with van der Waals surface area (Å²) in [5, 5.41) is 16.7. The van der Waals surface area contributed by atoms with Gasteiger partial charge in [-0.1, -0.05) is 23.2 Å². The molecule has 3 heterocycles. The largest absolute Gasteiger partial charge is 0.461 e. The molecule has 0 saturated heterocycles. The molecule has 10 heteroatoms. The molecule has 0 aromatic carbocycles. The molecule has 0 spiro atoms. The molecule has 0 unspecified atom stereocenters. The van der Waals surface area contributed by atoms with Crippen LogP contribution < -0.4 is 5.32 Å². The molecule has 3 aromatic heterocycles. The summed E-state index contributed by atoms with van der Waals surface area (Å²) in [6.07, 6.45) is 11.7. The molecule has 4 saturated carbocycles. The van der Waals surface area contributed by atoms with Crippen LogP contribution in [-0.2, 0) is 17.7 Å². The number of pyridine rings is 1. The van der Waals surface area contributed by atoms with E-state index in [0.717, 1.165) is 58.7 Å². The van der Waals surface area contributed by atoms with Crippen LogP contribution in [0, 0.1) is 37.0 Å². The van der Waals surface area contributed by atoms with Gasteiger partial charge in [-0.25, -0.2) is 9.78 Å². The van der Waals surface area contributed by atoms with Crippen molar-refractivity contribution < 1.29 is 9.53 Å². The van der Waals surface area contributed by atoms with Gasteiger partial charge in [0.15, 0.2) is 16.0 Å². The Labute approximate surface area is 251 Å². The standard InChI is InChI=1S/C31H38Cl2N6O2/c1-4-41-30(40)27-24(7-8-26(36-27)34-9-5-6-23-18(2)28(32)37-38-29(23)33)25-16-35-39(19(25)3)17-31-13-20-10-21(14-31)12-22(11-20)15-31/h7-8,16,20-22H,4-6,9-15,17H2,1-3H3,(H,34,36). The van der Waals surface area contributed by atoms with Gasteiger partial charge in [-0.3, -0.25) is 4.68 Å². The van der Waals surface area contributed by atoms with E-state index < -0.39 is 5.97 Å². The Bertz CT molecular complexity index is 1420. The van der Waals surface area contributed by atoms with Gasteiger partial charge in [0.2, 0.25) is 0 Å². The molecular weight excluding hydrogens is 559 g/mol. The number of halogens is 2. The van der Waals surface area contributed by atoms with Crippen LogP contribution in [0.2, 0.25) is 10.3 Å². The van der Waals surface area contributed by atoms with Gasteiger partial charge >= 0.3 is 5.97 Å². The number of carbonyl (C=O) groups is 1. The number of hydrogen-bond acceptors (Lipinski definition) is 7. The van der Waals surface area contributed by atoms with Crippen molar-refractivity contribution in [2.45, 2.75) is 78.7 Å². The van der Waals surface area contributed by atoms with Crippen LogP contribution in [0.25, 0.3) is 11.1 Å². The van der Waals surface area contributed by atoms with Crippen molar-refractivity contribution in [1.29, 1.82) is 0 Å². The third-order valence-electron chi connectivity index (χ3n) is 9.55. The zero-order chi connectivity index (χ0) is 28.7. The number of aromatic nitrogens is 5. The second-order valence-corrected chi connectivity index (χ2v) is 13.2. The number of esters is 1. The summed E-state index contributed by atoms with van der Waals surface area (Å²) < 4.78 is 7.58. The number of nitrogens with zero attached hydrogens (tertiary/aromatic N) is 5. The van der Waals surface area contributed by atoms with Crippen molar-refractivity contribution in [3.05, 3.63) is 51.2 Å². The Hall–Kier alpha value is -2.71. The normalized spacial score (nSPS) is 24.6. The molecule has 4 aliphatic rings. The van der Waals surface area contributed by atoms with Crippen LogP contribution in [0.1, 0.15) is 79.2 Å². The molecule has 41 heavy (non-hydrogen) atoms. The Balaban J connectivity index is 1.18. The SMILES string of the molecule is CCOC(=O)c1nc(NCCCc2c(Cl)nnc(Cl)c2C)ccc1-c1cnn(CC23CC4CC(CC(C4)C2)C3)c1C. The highest BCUT2D eigenvalue weighted by Gasteiger charge is 2.51. The summed E-state index contributed by atoms with van der Waals surface area (Å²) in [6, 6.07) is 3.87. The molecule has 1 N–H and O–H groups in total. The van der Waals surface area contributed by atoms with Gasteiger partial charge in [-0.15, -0.1) is 10.2 Å². The van der Waals surface area contributed by atoms with Crippen LogP contribution in [0.15, 0.2) is 18.3 Å². The van der Waals surface area contributed by atoms with Gasteiger partial charge in [0.1, 0.15) is 5.82 Å².